The number of fused-ring (bicyclic) bond motifs is 1. The second-order valence-electron chi connectivity index (χ2n) is 4.97. The number of carboxylic acid groups (broad SMARTS) is 1. The fourth-order valence-corrected chi connectivity index (χ4v) is 4.02. The van der Waals surface area contributed by atoms with Crippen LogP contribution in [0.15, 0.2) is 27.8 Å². The summed E-state index contributed by atoms with van der Waals surface area (Å²) in [6.45, 7) is 4.07. The highest BCUT2D eigenvalue weighted by molar-refractivity contribution is 8.00. The number of aliphatic carboxylic acids is 1. The number of carboxylic acids is 1. The smallest absolute Gasteiger partial charge is 0.304 e. The predicted molar refractivity (Wildman–Crippen MR) is 82.3 cm³/mol. The first-order valence-electron chi connectivity index (χ1n) is 6.52. The molecule has 21 heavy (non-hydrogen) atoms. The van der Waals surface area contributed by atoms with Gasteiger partial charge in [0.25, 0.3) is 0 Å². The van der Waals surface area contributed by atoms with Crippen molar-refractivity contribution in [1.29, 1.82) is 0 Å². The van der Waals surface area contributed by atoms with Gasteiger partial charge < -0.3 is 5.11 Å². The minimum absolute atomic E-state index is 0.0191. The van der Waals surface area contributed by atoms with Gasteiger partial charge in [-0.3, -0.25) is 4.79 Å². The standard InChI is InChI=1S/C13H14N4O2S2/c1-7(2)12-14-15-13-17(12)16-11(8-4-3-5-20-8)9(21-13)6-10(18)19/h3-5,7,9H,6H2,1-2H3,(H,18,19). The number of carbonyl (C=O) groups is 1. The molecule has 0 saturated heterocycles. The van der Waals surface area contributed by atoms with Crippen LogP contribution in [-0.2, 0) is 4.79 Å². The molecule has 3 heterocycles. The highest BCUT2D eigenvalue weighted by atomic mass is 32.2. The number of aromatic nitrogens is 3. The minimum atomic E-state index is -0.839. The number of thiophene rings is 1. The summed E-state index contributed by atoms with van der Waals surface area (Å²) in [4.78, 5) is 12.1. The van der Waals surface area contributed by atoms with Crippen LogP contribution in [-0.4, -0.2) is 36.9 Å². The van der Waals surface area contributed by atoms with Crippen molar-refractivity contribution in [3.8, 4) is 0 Å². The molecule has 0 aliphatic carbocycles. The third kappa shape index (κ3) is 2.73. The normalized spacial score (nSPS) is 17.7. The summed E-state index contributed by atoms with van der Waals surface area (Å²) >= 11 is 2.97. The van der Waals surface area contributed by atoms with Crippen molar-refractivity contribution in [3.05, 3.63) is 28.2 Å². The van der Waals surface area contributed by atoms with Gasteiger partial charge in [-0.1, -0.05) is 31.7 Å². The average Bonchev–Trinajstić information content (AvgIpc) is 3.05. The van der Waals surface area contributed by atoms with E-state index in [0.29, 0.717) is 5.16 Å². The second-order valence-corrected chi connectivity index (χ2v) is 7.09. The van der Waals surface area contributed by atoms with Crippen molar-refractivity contribution in [3.63, 3.8) is 0 Å². The molecule has 0 bridgehead atoms. The van der Waals surface area contributed by atoms with Crippen LogP contribution in [0.5, 0.6) is 0 Å². The third-order valence-corrected chi connectivity index (χ3v) is 5.08. The maximum absolute atomic E-state index is 11.1. The molecule has 0 saturated carbocycles. The van der Waals surface area contributed by atoms with Crippen molar-refractivity contribution in [2.24, 2.45) is 5.10 Å². The molecule has 2 aromatic heterocycles. The Morgan fingerprint density at radius 3 is 2.90 bits per heavy atom. The highest BCUT2D eigenvalue weighted by Gasteiger charge is 2.31. The van der Waals surface area contributed by atoms with Gasteiger partial charge in [-0.15, -0.1) is 21.5 Å². The van der Waals surface area contributed by atoms with Crippen LogP contribution in [0.4, 0.5) is 0 Å². The van der Waals surface area contributed by atoms with E-state index in [1.807, 2.05) is 31.4 Å². The minimum Gasteiger partial charge on any atom is -0.481 e. The van der Waals surface area contributed by atoms with Gasteiger partial charge in [0.15, 0.2) is 5.82 Å². The van der Waals surface area contributed by atoms with Crippen LogP contribution in [0.25, 0.3) is 0 Å². The first-order chi connectivity index (χ1) is 10.1. The Bertz CT molecular complexity index is 691. The Morgan fingerprint density at radius 1 is 1.48 bits per heavy atom. The van der Waals surface area contributed by atoms with Crippen molar-refractivity contribution in [2.45, 2.75) is 36.6 Å². The zero-order valence-corrected chi connectivity index (χ0v) is 13.2. The maximum Gasteiger partial charge on any atom is 0.304 e. The van der Waals surface area contributed by atoms with Gasteiger partial charge in [-0.05, 0) is 11.4 Å². The van der Waals surface area contributed by atoms with Crippen molar-refractivity contribution < 1.29 is 9.90 Å². The monoisotopic (exact) mass is 322 g/mol. The van der Waals surface area contributed by atoms with Crippen LogP contribution in [0.1, 0.15) is 36.9 Å². The first-order valence-corrected chi connectivity index (χ1v) is 8.28. The van der Waals surface area contributed by atoms with Gasteiger partial charge >= 0.3 is 5.97 Å². The summed E-state index contributed by atoms with van der Waals surface area (Å²) in [7, 11) is 0. The molecule has 0 amide bonds. The Morgan fingerprint density at radius 2 is 2.29 bits per heavy atom. The second kappa shape index (κ2) is 5.61. The number of rotatable bonds is 4. The molecule has 1 atom stereocenters. The molecule has 6 nitrogen and oxygen atoms in total. The zero-order valence-electron chi connectivity index (χ0n) is 11.6. The molecule has 0 fully saturated rings. The van der Waals surface area contributed by atoms with E-state index in [-0.39, 0.29) is 17.6 Å². The summed E-state index contributed by atoms with van der Waals surface area (Å²) in [6.07, 6.45) is 0.0191. The van der Waals surface area contributed by atoms with Crippen molar-refractivity contribution in [2.75, 3.05) is 0 Å². The summed E-state index contributed by atoms with van der Waals surface area (Å²) in [6, 6.07) is 3.90. The third-order valence-electron chi connectivity index (χ3n) is 3.05. The fourth-order valence-electron chi connectivity index (χ4n) is 2.09. The Hall–Kier alpha value is -1.67. The van der Waals surface area contributed by atoms with Gasteiger partial charge in [0.05, 0.1) is 22.3 Å². The van der Waals surface area contributed by atoms with E-state index in [1.165, 1.54) is 11.8 Å². The number of nitrogens with zero attached hydrogens (tertiary/aromatic N) is 4. The molecule has 1 aliphatic rings. The molecule has 1 N–H and O–H groups in total. The van der Waals surface area contributed by atoms with E-state index in [4.69, 9.17) is 5.11 Å². The molecule has 0 radical (unpaired) electrons. The molecule has 1 aliphatic heterocycles. The quantitative estimate of drug-likeness (QED) is 0.936. The SMILES string of the molecule is CC(C)c1nnc2n1N=C(c1cccs1)C(CC(=O)O)S2. The lowest BCUT2D eigenvalue weighted by Gasteiger charge is -2.21. The molecule has 1 unspecified atom stereocenters. The lowest BCUT2D eigenvalue weighted by atomic mass is 10.1. The largest absolute Gasteiger partial charge is 0.481 e. The number of thioether (sulfide) groups is 1. The van der Waals surface area contributed by atoms with Crippen LogP contribution in [0, 0.1) is 0 Å². The summed E-state index contributed by atoms with van der Waals surface area (Å²) in [5, 5.41) is 24.4. The lowest BCUT2D eigenvalue weighted by Crippen LogP contribution is -2.26. The molecule has 3 rings (SSSR count). The zero-order chi connectivity index (χ0) is 15.0. The van der Waals surface area contributed by atoms with Crippen LogP contribution in [0.2, 0.25) is 0 Å². The molecule has 2 aromatic rings. The Labute approximate surface area is 129 Å². The number of hydrogen-bond acceptors (Lipinski definition) is 6. The van der Waals surface area contributed by atoms with Gasteiger partial charge in [0.1, 0.15) is 0 Å². The summed E-state index contributed by atoms with van der Waals surface area (Å²) in [5.41, 5.74) is 0.784. The van der Waals surface area contributed by atoms with Crippen LogP contribution >= 0.6 is 23.1 Å². The summed E-state index contributed by atoms with van der Waals surface area (Å²) in [5.74, 6) is 0.158. The van der Waals surface area contributed by atoms with Crippen molar-refractivity contribution in [1.82, 2.24) is 14.9 Å². The predicted octanol–water partition coefficient (Wildman–Crippen LogP) is 2.66. The summed E-state index contributed by atoms with van der Waals surface area (Å²) < 4.78 is 1.74. The van der Waals surface area contributed by atoms with E-state index in [1.54, 1.807) is 16.0 Å². The molecular weight excluding hydrogens is 308 g/mol. The molecule has 110 valence electrons. The highest BCUT2D eigenvalue weighted by Crippen LogP contribution is 2.34. The van der Waals surface area contributed by atoms with Gasteiger partial charge in [-0.25, -0.2) is 0 Å². The Balaban J connectivity index is 2.07. The average molecular weight is 322 g/mol. The van der Waals surface area contributed by atoms with Crippen LogP contribution < -0.4 is 0 Å². The maximum atomic E-state index is 11.1. The first kappa shape index (κ1) is 14.3. The molecule has 0 spiro atoms. The van der Waals surface area contributed by atoms with E-state index in [9.17, 15) is 4.79 Å². The molecule has 8 heteroatoms. The van der Waals surface area contributed by atoms with Gasteiger partial charge in [-0.2, -0.15) is 9.78 Å². The van der Waals surface area contributed by atoms with E-state index in [2.05, 4.69) is 15.3 Å². The molecular formula is C13H14N4O2S2. The van der Waals surface area contributed by atoms with E-state index in [0.717, 1.165) is 16.4 Å². The van der Waals surface area contributed by atoms with E-state index >= 15 is 0 Å². The lowest BCUT2D eigenvalue weighted by molar-refractivity contribution is -0.136. The van der Waals surface area contributed by atoms with Crippen molar-refractivity contribution >= 4 is 34.8 Å². The molecule has 0 aromatic carbocycles. The van der Waals surface area contributed by atoms with Gasteiger partial charge in [0.2, 0.25) is 5.16 Å². The van der Waals surface area contributed by atoms with Crippen LogP contribution in [0.3, 0.4) is 0 Å². The van der Waals surface area contributed by atoms with E-state index < -0.39 is 5.97 Å². The van der Waals surface area contributed by atoms with Gasteiger partial charge in [0, 0.05) is 5.92 Å². The Kier molecular flexibility index (Phi) is 3.81. The number of hydrogen-bond donors (Lipinski definition) is 1. The topological polar surface area (TPSA) is 80.4 Å². The fraction of sp³-hybridized carbons (Fsp3) is 0.385.